The summed E-state index contributed by atoms with van der Waals surface area (Å²) in [6, 6.07) is 0. The standard InChI is InChI=1S/C10H19NO/c1-8-6-4-5-7-9(8)10(12)11(2)3/h8-9H,4-7H2,1-3H3/t8-,9+/m1/s1. The average Bonchev–Trinajstić information content (AvgIpc) is 2.04. The predicted molar refractivity (Wildman–Crippen MR) is 49.8 cm³/mol. The maximum absolute atomic E-state index is 11.6. The number of amides is 1. The van der Waals surface area contributed by atoms with Gasteiger partial charge in [-0.2, -0.15) is 0 Å². The lowest BCUT2D eigenvalue weighted by Gasteiger charge is -2.29. The van der Waals surface area contributed by atoms with E-state index in [2.05, 4.69) is 6.92 Å². The monoisotopic (exact) mass is 169 g/mol. The molecule has 0 aromatic carbocycles. The Morgan fingerprint density at radius 2 is 1.83 bits per heavy atom. The first kappa shape index (κ1) is 9.56. The van der Waals surface area contributed by atoms with Crippen LogP contribution in [0.4, 0.5) is 0 Å². The highest BCUT2D eigenvalue weighted by Crippen LogP contribution is 2.30. The molecule has 1 amide bonds. The second-order valence-corrected chi connectivity index (χ2v) is 4.10. The summed E-state index contributed by atoms with van der Waals surface area (Å²) in [6.45, 7) is 2.20. The Hall–Kier alpha value is -0.530. The highest BCUT2D eigenvalue weighted by molar-refractivity contribution is 5.78. The van der Waals surface area contributed by atoms with Gasteiger partial charge in [0, 0.05) is 20.0 Å². The normalized spacial score (nSPS) is 29.9. The molecule has 1 aliphatic carbocycles. The fraction of sp³-hybridized carbons (Fsp3) is 0.900. The van der Waals surface area contributed by atoms with Crippen LogP contribution in [0.2, 0.25) is 0 Å². The van der Waals surface area contributed by atoms with Crippen molar-refractivity contribution < 1.29 is 4.79 Å². The van der Waals surface area contributed by atoms with Crippen LogP contribution >= 0.6 is 0 Å². The lowest BCUT2D eigenvalue weighted by molar-refractivity contribution is -0.135. The highest BCUT2D eigenvalue weighted by atomic mass is 16.2. The summed E-state index contributed by atoms with van der Waals surface area (Å²) in [5.74, 6) is 1.21. The van der Waals surface area contributed by atoms with Crippen molar-refractivity contribution >= 4 is 5.91 Å². The Morgan fingerprint density at radius 3 is 2.33 bits per heavy atom. The van der Waals surface area contributed by atoms with Crippen molar-refractivity contribution in [2.45, 2.75) is 32.6 Å². The van der Waals surface area contributed by atoms with E-state index in [1.54, 1.807) is 4.90 Å². The largest absolute Gasteiger partial charge is 0.349 e. The minimum Gasteiger partial charge on any atom is -0.349 e. The summed E-state index contributed by atoms with van der Waals surface area (Å²) in [4.78, 5) is 13.4. The fourth-order valence-corrected chi connectivity index (χ4v) is 2.01. The average molecular weight is 169 g/mol. The molecule has 1 rings (SSSR count). The van der Waals surface area contributed by atoms with Gasteiger partial charge in [0.1, 0.15) is 0 Å². The van der Waals surface area contributed by atoms with Crippen LogP contribution < -0.4 is 0 Å². The third kappa shape index (κ3) is 1.99. The van der Waals surface area contributed by atoms with E-state index in [9.17, 15) is 4.79 Å². The van der Waals surface area contributed by atoms with E-state index >= 15 is 0 Å². The van der Waals surface area contributed by atoms with Crippen LogP contribution in [-0.2, 0) is 4.79 Å². The van der Waals surface area contributed by atoms with Crippen molar-refractivity contribution in [3.8, 4) is 0 Å². The van der Waals surface area contributed by atoms with Gasteiger partial charge in [0.25, 0.3) is 0 Å². The molecule has 12 heavy (non-hydrogen) atoms. The van der Waals surface area contributed by atoms with Crippen molar-refractivity contribution in [2.24, 2.45) is 11.8 Å². The SMILES string of the molecule is C[C@@H]1CCCC[C@@H]1C(=O)N(C)C. The summed E-state index contributed by atoms with van der Waals surface area (Å²) in [6.07, 6.45) is 4.86. The molecule has 2 nitrogen and oxygen atoms in total. The van der Waals surface area contributed by atoms with E-state index in [-0.39, 0.29) is 0 Å². The Morgan fingerprint density at radius 1 is 1.25 bits per heavy atom. The van der Waals surface area contributed by atoms with Crippen LogP contribution in [0.5, 0.6) is 0 Å². The minimum absolute atomic E-state index is 0.300. The minimum atomic E-state index is 0.300. The smallest absolute Gasteiger partial charge is 0.225 e. The maximum atomic E-state index is 11.6. The lowest BCUT2D eigenvalue weighted by Crippen LogP contribution is -2.34. The van der Waals surface area contributed by atoms with Crippen LogP contribution in [0.15, 0.2) is 0 Å². The van der Waals surface area contributed by atoms with Gasteiger partial charge < -0.3 is 4.90 Å². The predicted octanol–water partition coefficient (Wildman–Crippen LogP) is 1.90. The number of hydrogen-bond acceptors (Lipinski definition) is 1. The molecule has 1 aliphatic rings. The van der Waals surface area contributed by atoms with Crippen molar-refractivity contribution in [1.82, 2.24) is 4.90 Å². The van der Waals surface area contributed by atoms with Crippen LogP contribution in [0.3, 0.4) is 0 Å². The van der Waals surface area contributed by atoms with Gasteiger partial charge in [-0.05, 0) is 18.8 Å². The third-order valence-electron chi connectivity index (χ3n) is 2.87. The highest BCUT2D eigenvalue weighted by Gasteiger charge is 2.28. The van der Waals surface area contributed by atoms with E-state index in [1.165, 1.54) is 19.3 Å². The van der Waals surface area contributed by atoms with E-state index in [4.69, 9.17) is 0 Å². The number of nitrogens with zero attached hydrogens (tertiary/aromatic N) is 1. The van der Waals surface area contributed by atoms with Crippen LogP contribution in [-0.4, -0.2) is 24.9 Å². The first-order valence-corrected chi connectivity index (χ1v) is 4.84. The zero-order chi connectivity index (χ0) is 9.14. The molecule has 0 saturated heterocycles. The Bertz CT molecular complexity index is 165. The van der Waals surface area contributed by atoms with E-state index in [0.29, 0.717) is 17.7 Å². The van der Waals surface area contributed by atoms with Gasteiger partial charge in [-0.15, -0.1) is 0 Å². The zero-order valence-corrected chi connectivity index (χ0v) is 8.34. The summed E-state index contributed by atoms with van der Waals surface area (Å²) < 4.78 is 0. The van der Waals surface area contributed by atoms with E-state index in [0.717, 1.165) is 6.42 Å². The van der Waals surface area contributed by atoms with Gasteiger partial charge >= 0.3 is 0 Å². The molecule has 0 radical (unpaired) electrons. The molecule has 0 aromatic rings. The third-order valence-corrected chi connectivity index (χ3v) is 2.87. The van der Waals surface area contributed by atoms with Gasteiger partial charge in [-0.3, -0.25) is 4.79 Å². The van der Waals surface area contributed by atoms with Gasteiger partial charge in [0.2, 0.25) is 5.91 Å². The molecule has 2 atom stereocenters. The summed E-state index contributed by atoms with van der Waals surface area (Å²) in [7, 11) is 3.70. The summed E-state index contributed by atoms with van der Waals surface area (Å²) in [5, 5.41) is 0. The Balaban J connectivity index is 2.53. The quantitative estimate of drug-likeness (QED) is 0.587. The lowest BCUT2D eigenvalue weighted by atomic mass is 9.80. The Labute approximate surface area is 74.9 Å². The molecule has 0 spiro atoms. The number of hydrogen-bond donors (Lipinski definition) is 0. The molecule has 0 heterocycles. The number of carbonyl (C=O) groups excluding carboxylic acids is 1. The van der Waals surface area contributed by atoms with Crippen molar-refractivity contribution in [3.05, 3.63) is 0 Å². The summed E-state index contributed by atoms with van der Waals surface area (Å²) in [5.41, 5.74) is 0. The molecular weight excluding hydrogens is 150 g/mol. The fourth-order valence-electron chi connectivity index (χ4n) is 2.01. The molecule has 2 heteroatoms. The molecular formula is C10H19NO. The zero-order valence-electron chi connectivity index (χ0n) is 8.34. The van der Waals surface area contributed by atoms with E-state index < -0.39 is 0 Å². The second kappa shape index (κ2) is 3.92. The number of rotatable bonds is 1. The van der Waals surface area contributed by atoms with Gasteiger partial charge in [0.15, 0.2) is 0 Å². The number of carbonyl (C=O) groups is 1. The summed E-state index contributed by atoms with van der Waals surface area (Å²) >= 11 is 0. The van der Waals surface area contributed by atoms with Crippen LogP contribution in [0.1, 0.15) is 32.6 Å². The molecule has 0 bridgehead atoms. The van der Waals surface area contributed by atoms with Gasteiger partial charge in [-0.25, -0.2) is 0 Å². The molecule has 0 N–H and O–H groups in total. The van der Waals surface area contributed by atoms with Crippen molar-refractivity contribution in [2.75, 3.05) is 14.1 Å². The van der Waals surface area contributed by atoms with E-state index in [1.807, 2.05) is 14.1 Å². The second-order valence-electron chi connectivity index (χ2n) is 4.10. The molecule has 1 fully saturated rings. The maximum Gasteiger partial charge on any atom is 0.225 e. The van der Waals surface area contributed by atoms with Gasteiger partial charge in [-0.1, -0.05) is 19.8 Å². The first-order chi connectivity index (χ1) is 5.63. The Kier molecular flexibility index (Phi) is 3.12. The molecule has 0 unspecified atom stereocenters. The topological polar surface area (TPSA) is 20.3 Å². The molecule has 0 aromatic heterocycles. The molecule has 0 aliphatic heterocycles. The first-order valence-electron chi connectivity index (χ1n) is 4.84. The van der Waals surface area contributed by atoms with Gasteiger partial charge in [0.05, 0.1) is 0 Å². The molecule has 70 valence electrons. The van der Waals surface area contributed by atoms with Crippen molar-refractivity contribution in [3.63, 3.8) is 0 Å². The molecule has 1 saturated carbocycles. The van der Waals surface area contributed by atoms with Crippen LogP contribution in [0.25, 0.3) is 0 Å². The van der Waals surface area contributed by atoms with Crippen molar-refractivity contribution in [1.29, 1.82) is 0 Å². The van der Waals surface area contributed by atoms with Crippen LogP contribution in [0, 0.1) is 11.8 Å².